The van der Waals surface area contributed by atoms with Crippen molar-refractivity contribution in [2.24, 2.45) is 10.2 Å². The molecule has 11 heteroatoms. The topological polar surface area (TPSA) is 63.0 Å². The van der Waals surface area contributed by atoms with Crippen LogP contribution >= 0.6 is 11.8 Å². The van der Waals surface area contributed by atoms with Crippen LogP contribution < -0.4 is 10.1 Å². The van der Waals surface area contributed by atoms with Gasteiger partial charge in [-0.15, -0.1) is 18.3 Å². The number of amides is 1. The predicted molar refractivity (Wildman–Crippen MR) is 68.7 cm³/mol. The average Bonchev–Trinajstić information content (AvgIpc) is 2.81. The standard InChI is InChI=1S/C11H6F5N3O2S/c12-6-1-2-7(21-11(14,15)16)9(13)5(6)3-17-19-10-18-8(20)4-22-10/h1-3H,4H2,(H,18,19,20). The summed E-state index contributed by atoms with van der Waals surface area (Å²) in [7, 11) is 0. The highest BCUT2D eigenvalue weighted by atomic mass is 32.2. The maximum Gasteiger partial charge on any atom is 0.573 e. The molecule has 1 aromatic rings. The number of amidine groups is 1. The van der Waals surface area contributed by atoms with Gasteiger partial charge in [0, 0.05) is 0 Å². The Kier molecular flexibility index (Phi) is 4.64. The van der Waals surface area contributed by atoms with Crippen LogP contribution in [0.25, 0.3) is 0 Å². The molecule has 1 aliphatic rings. The van der Waals surface area contributed by atoms with Gasteiger partial charge in [0.05, 0.1) is 17.5 Å². The van der Waals surface area contributed by atoms with E-state index in [0.29, 0.717) is 18.3 Å². The van der Waals surface area contributed by atoms with Crippen LogP contribution in [0, 0.1) is 11.6 Å². The van der Waals surface area contributed by atoms with Gasteiger partial charge in [0.15, 0.2) is 16.7 Å². The minimum atomic E-state index is -5.11. The predicted octanol–water partition coefficient (Wildman–Crippen LogP) is 2.42. The molecule has 1 aliphatic heterocycles. The summed E-state index contributed by atoms with van der Waals surface area (Å²) in [5.41, 5.74) is -0.847. The summed E-state index contributed by atoms with van der Waals surface area (Å²) >= 11 is 1.02. The van der Waals surface area contributed by atoms with E-state index in [9.17, 15) is 26.7 Å². The number of rotatable bonds is 3. The smallest absolute Gasteiger partial charge is 0.403 e. The first-order valence-corrected chi connectivity index (χ1v) is 6.52. The van der Waals surface area contributed by atoms with Gasteiger partial charge in [0.1, 0.15) is 5.82 Å². The van der Waals surface area contributed by atoms with Gasteiger partial charge in [-0.3, -0.25) is 4.79 Å². The zero-order valence-electron chi connectivity index (χ0n) is 10.4. The van der Waals surface area contributed by atoms with E-state index in [2.05, 4.69) is 20.3 Å². The van der Waals surface area contributed by atoms with Crippen molar-refractivity contribution in [1.82, 2.24) is 5.32 Å². The van der Waals surface area contributed by atoms with Crippen molar-refractivity contribution in [2.45, 2.75) is 6.36 Å². The molecule has 0 radical (unpaired) electrons. The van der Waals surface area contributed by atoms with Crippen molar-refractivity contribution >= 4 is 29.1 Å². The molecule has 1 saturated heterocycles. The summed E-state index contributed by atoms with van der Waals surface area (Å²) < 4.78 is 66.8. The number of hydrogen-bond acceptors (Lipinski definition) is 5. The number of ether oxygens (including phenoxy) is 1. The van der Waals surface area contributed by atoms with Crippen LogP contribution in [0.2, 0.25) is 0 Å². The molecular weight excluding hydrogens is 333 g/mol. The number of benzene rings is 1. The third-order valence-electron chi connectivity index (χ3n) is 2.24. The molecule has 0 spiro atoms. The number of thioether (sulfide) groups is 1. The Bertz CT molecular complexity index is 660. The number of halogens is 5. The van der Waals surface area contributed by atoms with Gasteiger partial charge < -0.3 is 10.1 Å². The second-order valence-electron chi connectivity index (χ2n) is 3.81. The number of hydrogen-bond donors (Lipinski definition) is 1. The van der Waals surface area contributed by atoms with Gasteiger partial charge >= 0.3 is 6.36 Å². The zero-order chi connectivity index (χ0) is 16.3. The molecule has 5 nitrogen and oxygen atoms in total. The van der Waals surface area contributed by atoms with Crippen LogP contribution in [0.3, 0.4) is 0 Å². The van der Waals surface area contributed by atoms with E-state index >= 15 is 0 Å². The molecule has 1 amide bonds. The van der Waals surface area contributed by atoms with Crippen molar-refractivity contribution in [3.8, 4) is 5.75 Å². The molecular formula is C11H6F5N3O2S. The molecule has 0 atom stereocenters. The first kappa shape index (κ1) is 16.2. The fraction of sp³-hybridized carbons (Fsp3) is 0.182. The zero-order valence-corrected chi connectivity index (χ0v) is 11.3. The Morgan fingerprint density at radius 2 is 2.05 bits per heavy atom. The highest BCUT2D eigenvalue weighted by Gasteiger charge is 2.33. The van der Waals surface area contributed by atoms with Crippen LogP contribution in [0.5, 0.6) is 5.75 Å². The molecule has 118 valence electrons. The number of nitrogens with one attached hydrogen (secondary N) is 1. The third kappa shape index (κ3) is 4.16. The van der Waals surface area contributed by atoms with Crippen LogP contribution in [-0.2, 0) is 4.79 Å². The fourth-order valence-corrected chi connectivity index (χ4v) is 2.02. The van der Waals surface area contributed by atoms with Crippen molar-refractivity contribution < 1.29 is 31.5 Å². The minimum absolute atomic E-state index is 0.116. The third-order valence-corrected chi connectivity index (χ3v) is 3.10. The van der Waals surface area contributed by atoms with Crippen molar-refractivity contribution in [1.29, 1.82) is 0 Å². The molecule has 1 N–H and O–H groups in total. The van der Waals surface area contributed by atoms with Crippen LogP contribution in [-0.4, -0.2) is 29.4 Å². The van der Waals surface area contributed by atoms with Gasteiger partial charge in [-0.25, -0.2) is 8.78 Å². The summed E-state index contributed by atoms with van der Waals surface area (Å²) in [4.78, 5) is 10.9. The number of carbonyl (C=O) groups is 1. The molecule has 0 bridgehead atoms. The molecule has 2 rings (SSSR count). The molecule has 1 fully saturated rings. The number of alkyl halides is 3. The first-order chi connectivity index (χ1) is 10.3. The Labute approximate surface area is 124 Å². The highest BCUT2D eigenvalue weighted by molar-refractivity contribution is 8.15. The SMILES string of the molecule is O=C1CSC(=NN=Cc2c(F)ccc(OC(F)(F)F)c2F)N1. The fourth-order valence-electron chi connectivity index (χ4n) is 1.39. The molecule has 1 aromatic carbocycles. The normalized spacial score (nSPS) is 17.3. The van der Waals surface area contributed by atoms with Crippen LogP contribution in [0.15, 0.2) is 22.3 Å². The van der Waals surface area contributed by atoms with E-state index < -0.39 is 29.3 Å². The average molecular weight is 339 g/mol. The lowest BCUT2D eigenvalue weighted by Crippen LogP contribution is -2.19. The van der Waals surface area contributed by atoms with E-state index in [1.807, 2.05) is 0 Å². The summed E-state index contributed by atoms with van der Waals surface area (Å²) in [6.45, 7) is 0. The van der Waals surface area contributed by atoms with Crippen molar-refractivity contribution in [2.75, 3.05) is 5.75 Å². The molecule has 0 aromatic heterocycles. The quantitative estimate of drug-likeness (QED) is 0.523. The lowest BCUT2D eigenvalue weighted by atomic mass is 10.2. The van der Waals surface area contributed by atoms with Crippen molar-refractivity contribution in [3.63, 3.8) is 0 Å². The van der Waals surface area contributed by atoms with E-state index in [0.717, 1.165) is 11.8 Å². The van der Waals surface area contributed by atoms with E-state index in [4.69, 9.17) is 0 Å². The molecule has 0 unspecified atom stereocenters. The second-order valence-corrected chi connectivity index (χ2v) is 4.77. The minimum Gasteiger partial charge on any atom is -0.403 e. The second kappa shape index (κ2) is 6.30. The van der Waals surface area contributed by atoms with Crippen molar-refractivity contribution in [3.05, 3.63) is 29.3 Å². The monoisotopic (exact) mass is 339 g/mol. The molecule has 0 saturated carbocycles. The van der Waals surface area contributed by atoms with Gasteiger partial charge in [0.2, 0.25) is 5.91 Å². The molecule has 22 heavy (non-hydrogen) atoms. The van der Waals surface area contributed by atoms with Crippen LogP contribution in [0.4, 0.5) is 22.0 Å². The lowest BCUT2D eigenvalue weighted by molar-refractivity contribution is -0.275. The maximum atomic E-state index is 13.7. The summed E-state index contributed by atoms with van der Waals surface area (Å²) in [5.74, 6) is -4.07. The molecule has 0 aliphatic carbocycles. The molecule has 1 heterocycles. The van der Waals surface area contributed by atoms with Gasteiger partial charge in [0.25, 0.3) is 0 Å². The number of carbonyl (C=O) groups excluding carboxylic acids is 1. The Morgan fingerprint density at radius 1 is 1.32 bits per heavy atom. The van der Waals surface area contributed by atoms with Gasteiger partial charge in [-0.1, -0.05) is 11.8 Å². The summed E-state index contributed by atoms with van der Waals surface area (Å²) in [6, 6.07) is 1.11. The maximum absolute atomic E-state index is 13.7. The van der Waals surface area contributed by atoms with Gasteiger partial charge in [-0.05, 0) is 12.1 Å². The van der Waals surface area contributed by atoms with Crippen LogP contribution in [0.1, 0.15) is 5.56 Å². The Morgan fingerprint density at radius 3 is 2.64 bits per heavy atom. The van der Waals surface area contributed by atoms with Gasteiger partial charge in [-0.2, -0.15) is 5.10 Å². The Hall–Kier alpha value is -2.17. The Balaban J connectivity index is 2.23. The largest absolute Gasteiger partial charge is 0.573 e. The van der Waals surface area contributed by atoms with E-state index in [-0.39, 0.29) is 16.8 Å². The van der Waals surface area contributed by atoms with E-state index in [1.165, 1.54) is 0 Å². The van der Waals surface area contributed by atoms with E-state index in [1.54, 1.807) is 0 Å². The number of nitrogens with zero attached hydrogens (tertiary/aromatic N) is 2. The highest BCUT2D eigenvalue weighted by Crippen LogP contribution is 2.28. The summed E-state index contributed by atoms with van der Waals surface area (Å²) in [5, 5.41) is 9.23. The lowest BCUT2D eigenvalue weighted by Gasteiger charge is -2.10. The first-order valence-electron chi connectivity index (χ1n) is 5.53. The summed E-state index contributed by atoms with van der Waals surface area (Å²) in [6.07, 6.45) is -4.52.